The van der Waals surface area contributed by atoms with Gasteiger partial charge in [0.05, 0.1) is 13.7 Å². The molecule has 0 saturated carbocycles. The van der Waals surface area contributed by atoms with Crippen molar-refractivity contribution in [3.63, 3.8) is 0 Å². The van der Waals surface area contributed by atoms with E-state index in [2.05, 4.69) is 0 Å². The average molecular weight is 309 g/mol. The third-order valence-electron chi connectivity index (χ3n) is 2.74. The lowest BCUT2D eigenvalue weighted by Gasteiger charge is -2.25. The number of hydrogen-bond donors (Lipinski definition) is 0. The standard InChI is InChI=1S/C15H19NO6/c1-3-21-14(18)13(9-10-17)16(20-2)15(19)22-11-12-7-5-4-6-8-12/h4-8,10,13H,3,9,11H2,1-2H3/t13-/m0/s1. The molecule has 0 aliphatic carbocycles. The maximum atomic E-state index is 12.0. The molecule has 22 heavy (non-hydrogen) atoms. The van der Waals surface area contributed by atoms with Gasteiger partial charge in [-0.25, -0.2) is 9.59 Å². The summed E-state index contributed by atoms with van der Waals surface area (Å²) in [5.74, 6) is -0.729. The van der Waals surface area contributed by atoms with Crippen molar-refractivity contribution in [2.24, 2.45) is 0 Å². The van der Waals surface area contributed by atoms with Crippen LogP contribution in [0, 0.1) is 0 Å². The number of amides is 1. The highest BCUT2D eigenvalue weighted by Gasteiger charge is 2.32. The second-order valence-electron chi connectivity index (χ2n) is 4.22. The number of hydrogen-bond acceptors (Lipinski definition) is 6. The van der Waals surface area contributed by atoms with Crippen molar-refractivity contribution in [1.82, 2.24) is 5.06 Å². The molecule has 1 aromatic carbocycles. The molecule has 120 valence electrons. The second kappa shape index (κ2) is 9.51. The smallest absolute Gasteiger partial charge is 0.435 e. The molecule has 7 heteroatoms. The Morgan fingerprint density at radius 1 is 1.23 bits per heavy atom. The predicted octanol–water partition coefficient (Wildman–Crippen LogP) is 1.71. The Hall–Kier alpha value is -2.41. The molecule has 0 heterocycles. The van der Waals surface area contributed by atoms with Gasteiger partial charge in [0.15, 0.2) is 6.04 Å². The summed E-state index contributed by atoms with van der Waals surface area (Å²) >= 11 is 0. The average Bonchev–Trinajstić information content (AvgIpc) is 2.54. The summed E-state index contributed by atoms with van der Waals surface area (Å²) in [4.78, 5) is 39.4. The van der Waals surface area contributed by atoms with Gasteiger partial charge in [0.1, 0.15) is 12.9 Å². The zero-order valence-corrected chi connectivity index (χ0v) is 12.6. The molecule has 0 aromatic heterocycles. The third kappa shape index (κ3) is 5.17. The lowest BCUT2D eigenvalue weighted by Crippen LogP contribution is -2.45. The lowest BCUT2D eigenvalue weighted by molar-refractivity contribution is -0.177. The third-order valence-corrected chi connectivity index (χ3v) is 2.74. The van der Waals surface area contributed by atoms with Gasteiger partial charge in [0, 0.05) is 6.42 Å². The number of benzene rings is 1. The van der Waals surface area contributed by atoms with Gasteiger partial charge in [-0.05, 0) is 12.5 Å². The van der Waals surface area contributed by atoms with Gasteiger partial charge in [-0.1, -0.05) is 30.3 Å². The van der Waals surface area contributed by atoms with Crippen LogP contribution in [-0.4, -0.2) is 43.2 Å². The number of hydroxylamine groups is 2. The van der Waals surface area contributed by atoms with Crippen LogP contribution in [-0.2, 0) is 30.5 Å². The Morgan fingerprint density at radius 3 is 2.45 bits per heavy atom. The summed E-state index contributed by atoms with van der Waals surface area (Å²) in [5.41, 5.74) is 0.787. The highest BCUT2D eigenvalue weighted by atomic mass is 16.7. The second-order valence-corrected chi connectivity index (χ2v) is 4.22. The van der Waals surface area contributed by atoms with Crippen molar-refractivity contribution >= 4 is 18.3 Å². The Labute approximate surface area is 128 Å². The molecule has 0 radical (unpaired) electrons. The molecule has 0 aliphatic heterocycles. The number of aldehydes is 1. The van der Waals surface area contributed by atoms with Crippen LogP contribution in [0.15, 0.2) is 30.3 Å². The van der Waals surface area contributed by atoms with Crippen LogP contribution >= 0.6 is 0 Å². The summed E-state index contributed by atoms with van der Waals surface area (Å²) in [7, 11) is 1.21. The maximum Gasteiger partial charge on any atom is 0.435 e. The quantitative estimate of drug-likeness (QED) is 0.413. The first-order valence-corrected chi connectivity index (χ1v) is 6.78. The van der Waals surface area contributed by atoms with Crippen molar-refractivity contribution < 1.29 is 28.7 Å². The number of carbonyl (C=O) groups is 3. The van der Waals surface area contributed by atoms with Gasteiger partial charge >= 0.3 is 12.1 Å². The van der Waals surface area contributed by atoms with Crippen molar-refractivity contribution in [2.75, 3.05) is 13.7 Å². The first-order chi connectivity index (χ1) is 10.6. The molecule has 0 unspecified atom stereocenters. The van der Waals surface area contributed by atoms with E-state index in [0.717, 1.165) is 5.56 Å². The zero-order chi connectivity index (χ0) is 16.4. The highest BCUT2D eigenvalue weighted by Crippen LogP contribution is 2.10. The maximum absolute atomic E-state index is 12.0. The van der Waals surface area contributed by atoms with E-state index in [0.29, 0.717) is 11.3 Å². The van der Waals surface area contributed by atoms with Gasteiger partial charge in [-0.15, -0.1) is 0 Å². The number of nitrogens with zero attached hydrogens (tertiary/aromatic N) is 1. The van der Waals surface area contributed by atoms with E-state index in [9.17, 15) is 14.4 Å². The van der Waals surface area contributed by atoms with E-state index in [1.165, 1.54) is 7.11 Å². The Bertz CT molecular complexity index is 490. The van der Waals surface area contributed by atoms with E-state index in [1.807, 2.05) is 18.2 Å². The molecule has 0 bridgehead atoms. The minimum absolute atomic E-state index is 0.0240. The molecule has 0 spiro atoms. The first kappa shape index (κ1) is 17.6. The topological polar surface area (TPSA) is 82.1 Å². The highest BCUT2D eigenvalue weighted by molar-refractivity contribution is 5.83. The normalized spacial score (nSPS) is 11.4. The van der Waals surface area contributed by atoms with Crippen LogP contribution in [0.2, 0.25) is 0 Å². The fourth-order valence-corrected chi connectivity index (χ4v) is 1.73. The summed E-state index contributed by atoms with van der Waals surface area (Å²) in [6.45, 7) is 1.78. The minimum atomic E-state index is -1.18. The van der Waals surface area contributed by atoms with Crippen LogP contribution in [0.5, 0.6) is 0 Å². The van der Waals surface area contributed by atoms with Gasteiger partial charge in [0.25, 0.3) is 0 Å². The predicted molar refractivity (Wildman–Crippen MR) is 76.6 cm³/mol. The van der Waals surface area contributed by atoms with Crippen molar-refractivity contribution in [1.29, 1.82) is 0 Å². The van der Waals surface area contributed by atoms with E-state index in [-0.39, 0.29) is 19.6 Å². The summed E-state index contributed by atoms with van der Waals surface area (Å²) in [6.07, 6.45) is -0.600. The van der Waals surface area contributed by atoms with Crippen molar-refractivity contribution in [3.05, 3.63) is 35.9 Å². The largest absolute Gasteiger partial charge is 0.464 e. The van der Waals surface area contributed by atoms with E-state index in [4.69, 9.17) is 14.3 Å². The molecule has 1 aromatic rings. The Morgan fingerprint density at radius 2 is 1.91 bits per heavy atom. The molecular formula is C15H19NO6. The summed E-state index contributed by atoms with van der Waals surface area (Å²) in [5, 5.41) is 0.704. The molecule has 0 aliphatic rings. The van der Waals surface area contributed by atoms with Gasteiger partial charge in [0.2, 0.25) is 0 Å². The molecule has 0 saturated heterocycles. The van der Waals surface area contributed by atoms with E-state index in [1.54, 1.807) is 19.1 Å². The summed E-state index contributed by atoms with van der Waals surface area (Å²) in [6, 6.07) is 7.87. The fourth-order valence-electron chi connectivity index (χ4n) is 1.73. The van der Waals surface area contributed by atoms with Gasteiger partial charge < -0.3 is 14.3 Å². The molecule has 0 fully saturated rings. The van der Waals surface area contributed by atoms with Crippen LogP contribution in [0.1, 0.15) is 18.9 Å². The van der Waals surface area contributed by atoms with Gasteiger partial charge in [-0.2, -0.15) is 5.06 Å². The lowest BCUT2D eigenvalue weighted by atomic mass is 10.2. The Balaban J connectivity index is 2.71. The molecule has 1 rings (SSSR count). The van der Waals surface area contributed by atoms with E-state index < -0.39 is 18.1 Å². The monoisotopic (exact) mass is 309 g/mol. The van der Waals surface area contributed by atoms with Crippen LogP contribution in [0.25, 0.3) is 0 Å². The van der Waals surface area contributed by atoms with Crippen LogP contribution in [0.4, 0.5) is 4.79 Å². The molecule has 1 atom stereocenters. The van der Waals surface area contributed by atoms with Crippen molar-refractivity contribution in [3.8, 4) is 0 Å². The first-order valence-electron chi connectivity index (χ1n) is 6.78. The van der Waals surface area contributed by atoms with E-state index >= 15 is 0 Å². The molecule has 7 nitrogen and oxygen atoms in total. The Kier molecular flexibility index (Phi) is 7.63. The molecular weight excluding hydrogens is 290 g/mol. The fraction of sp³-hybridized carbons (Fsp3) is 0.400. The van der Waals surface area contributed by atoms with Crippen LogP contribution < -0.4 is 0 Å². The minimum Gasteiger partial charge on any atom is -0.464 e. The number of carbonyl (C=O) groups excluding carboxylic acids is 3. The number of ether oxygens (including phenoxy) is 2. The molecule has 0 N–H and O–H groups in total. The zero-order valence-electron chi connectivity index (χ0n) is 12.6. The van der Waals surface area contributed by atoms with Crippen molar-refractivity contribution in [2.45, 2.75) is 26.0 Å². The number of rotatable bonds is 8. The number of esters is 1. The van der Waals surface area contributed by atoms with Crippen LogP contribution in [0.3, 0.4) is 0 Å². The summed E-state index contributed by atoms with van der Waals surface area (Å²) < 4.78 is 9.90. The molecule has 1 amide bonds. The van der Waals surface area contributed by atoms with Gasteiger partial charge in [-0.3, -0.25) is 4.84 Å². The SMILES string of the molecule is CCOC(=O)[C@H](CC=O)N(OC)C(=O)OCc1ccccc1.